The summed E-state index contributed by atoms with van der Waals surface area (Å²) >= 11 is 6.38. The van der Waals surface area contributed by atoms with Gasteiger partial charge in [-0.25, -0.2) is 0 Å². The van der Waals surface area contributed by atoms with Gasteiger partial charge in [-0.15, -0.1) is 0 Å². The van der Waals surface area contributed by atoms with Crippen molar-refractivity contribution in [2.75, 3.05) is 20.8 Å². The van der Waals surface area contributed by atoms with Crippen LogP contribution in [0.1, 0.15) is 11.1 Å². The van der Waals surface area contributed by atoms with E-state index in [-0.39, 0.29) is 0 Å². The smallest absolute Gasteiger partial charge is 0.0502 e. The van der Waals surface area contributed by atoms with E-state index in [0.717, 1.165) is 35.7 Å². The molecule has 0 aliphatic rings. The zero-order valence-electron chi connectivity index (χ0n) is 11.9. The van der Waals surface area contributed by atoms with Gasteiger partial charge in [-0.1, -0.05) is 48.0 Å². The Kier molecular flexibility index (Phi) is 5.60. The molecule has 0 aliphatic heterocycles. The molecular weight excluding hydrogens is 270 g/mol. The van der Waals surface area contributed by atoms with Crippen LogP contribution in [0.25, 0.3) is 11.1 Å². The van der Waals surface area contributed by atoms with Crippen LogP contribution in [0.4, 0.5) is 0 Å². The molecule has 0 aromatic heterocycles. The van der Waals surface area contributed by atoms with E-state index in [9.17, 15) is 0 Å². The first-order chi connectivity index (χ1) is 9.74. The lowest BCUT2D eigenvalue weighted by Gasteiger charge is -2.08. The summed E-state index contributed by atoms with van der Waals surface area (Å²) in [6.45, 7) is 1.58. The molecule has 2 aromatic carbocycles. The Bertz CT molecular complexity index is 551. The second kappa shape index (κ2) is 7.44. The number of hydrogen-bond acceptors (Lipinski definition) is 2. The maximum absolute atomic E-state index is 6.38. The second-order valence-corrected chi connectivity index (χ2v) is 5.19. The summed E-state index contributed by atoms with van der Waals surface area (Å²) in [6.07, 6.45) is 0.936. The minimum absolute atomic E-state index is 0.749. The van der Waals surface area contributed by atoms with Gasteiger partial charge in [-0.2, -0.15) is 0 Å². The van der Waals surface area contributed by atoms with Gasteiger partial charge in [0, 0.05) is 24.2 Å². The summed E-state index contributed by atoms with van der Waals surface area (Å²) in [5.41, 5.74) is 4.69. The van der Waals surface area contributed by atoms with Gasteiger partial charge in [0.25, 0.3) is 0 Å². The van der Waals surface area contributed by atoms with Gasteiger partial charge < -0.3 is 10.1 Å². The van der Waals surface area contributed by atoms with Crippen LogP contribution in [0.2, 0.25) is 5.02 Å². The molecule has 106 valence electrons. The summed E-state index contributed by atoms with van der Waals surface area (Å²) in [7, 11) is 3.65. The minimum atomic E-state index is 0.749. The molecule has 1 N–H and O–H groups in total. The Hall–Kier alpha value is -1.35. The van der Waals surface area contributed by atoms with Crippen LogP contribution in [-0.4, -0.2) is 20.8 Å². The molecule has 0 heterocycles. The van der Waals surface area contributed by atoms with Crippen molar-refractivity contribution >= 4 is 11.6 Å². The van der Waals surface area contributed by atoms with Crippen molar-refractivity contribution in [3.63, 3.8) is 0 Å². The van der Waals surface area contributed by atoms with Gasteiger partial charge in [0.1, 0.15) is 0 Å². The summed E-state index contributed by atoms with van der Waals surface area (Å²) in [5, 5.41) is 3.92. The van der Waals surface area contributed by atoms with Gasteiger partial charge in [-0.05, 0) is 36.2 Å². The highest BCUT2D eigenvalue weighted by molar-refractivity contribution is 6.33. The minimum Gasteiger partial charge on any atom is -0.384 e. The molecule has 0 saturated heterocycles. The summed E-state index contributed by atoms with van der Waals surface area (Å²) in [6, 6.07) is 14.7. The monoisotopic (exact) mass is 289 g/mol. The Balaban J connectivity index is 2.18. The van der Waals surface area contributed by atoms with Crippen LogP contribution in [0, 0.1) is 0 Å². The molecule has 0 radical (unpaired) electrons. The van der Waals surface area contributed by atoms with Gasteiger partial charge >= 0.3 is 0 Å². The average molecular weight is 290 g/mol. The maximum Gasteiger partial charge on any atom is 0.0502 e. The van der Waals surface area contributed by atoms with Crippen molar-refractivity contribution in [2.24, 2.45) is 0 Å². The van der Waals surface area contributed by atoms with Gasteiger partial charge in [0.05, 0.1) is 6.61 Å². The van der Waals surface area contributed by atoms with Gasteiger partial charge in [-0.3, -0.25) is 0 Å². The lowest BCUT2D eigenvalue weighted by atomic mass is 10.0. The third-order valence-corrected chi connectivity index (χ3v) is 3.59. The van der Waals surface area contributed by atoms with Crippen LogP contribution in [0.5, 0.6) is 0 Å². The Labute approximate surface area is 125 Å². The molecule has 0 aliphatic carbocycles. The van der Waals surface area contributed by atoms with E-state index in [0.29, 0.717) is 0 Å². The molecule has 2 aromatic rings. The molecule has 0 atom stereocenters. The first kappa shape index (κ1) is 15.0. The highest BCUT2D eigenvalue weighted by Gasteiger charge is 2.05. The lowest BCUT2D eigenvalue weighted by Crippen LogP contribution is -2.04. The quantitative estimate of drug-likeness (QED) is 0.870. The van der Waals surface area contributed by atoms with E-state index in [1.165, 1.54) is 11.1 Å². The maximum atomic E-state index is 6.38. The first-order valence-corrected chi connectivity index (χ1v) is 7.13. The van der Waals surface area contributed by atoms with E-state index in [1.807, 2.05) is 13.1 Å². The molecule has 0 unspecified atom stereocenters. The van der Waals surface area contributed by atoms with E-state index in [1.54, 1.807) is 7.11 Å². The molecule has 0 fully saturated rings. The SMILES string of the molecule is CNCc1ccc(-c2ccc(CCOC)cc2)c(Cl)c1. The molecule has 2 rings (SSSR count). The standard InChI is InChI=1S/C17H20ClNO/c1-19-12-14-5-8-16(17(18)11-14)15-6-3-13(4-7-15)9-10-20-2/h3-8,11,19H,9-10,12H2,1-2H3. The third kappa shape index (κ3) is 3.83. The zero-order chi connectivity index (χ0) is 14.4. The molecule has 0 amide bonds. The highest BCUT2D eigenvalue weighted by atomic mass is 35.5. The van der Waals surface area contributed by atoms with Crippen molar-refractivity contribution < 1.29 is 4.74 Å². The molecular formula is C17H20ClNO. The van der Waals surface area contributed by atoms with Crippen LogP contribution in [0.3, 0.4) is 0 Å². The molecule has 20 heavy (non-hydrogen) atoms. The fraction of sp³-hybridized carbons (Fsp3) is 0.294. The van der Waals surface area contributed by atoms with Crippen LogP contribution in [0.15, 0.2) is 42.5 Å². The molecule has 2 nitrogen and oxygen atoms in total. The predicted octanol–water partition coefficient (Wildman–Crippen LogP) is 3.92. The van der Waals surface area contributed by atoms with Crippen molar-refractivity contribution in [1.29, 1.82) is 0 Å². The van der Waals surface area contributed by atoms with Crippen LogP contribution < -0.4 is 5.32 Å². The normalized spacial score (nSPS) is 10.8. The molecule has 0 bridgehead atoms. The third-order valence-electron chi connectivity index (χ3n) is 3.27. The lowest BCUT2D eigenvalue weighted by molar-refractivity contribution is 0.202. The Morgan fingerprint density at radius 3 is 2.35 bits per heavy atom. The summed E-state index contributed by atoms with van der Waals surface area (Å²) in [4.78, 5) is 0. The highest BCUT2D eigenvalue weighted by Crippen LogP contribution is 2.29. The average Bonchev–Trinajstić information content (AvgIpc) is 2.46. The van der Waals surface area contributed by atoms with Crippen LogP contribution in [-0.2, 0) is 17.7 Å². The van der Waals surface area contributed by atoms with Gasteiger partial charge in [0.15, 0.2) is 0 Å². The number of halogens is 1. The van der Waals surface area contributed by atoms with E-state index in [2.05, 4.69) is 41.7 Å². The fourth-order valence-electron chi connectivity index (χ4n) is 2.18. The molecule has 0 saturated carbocycles. The number of hydrogen-bond donors (Lipinski definition) is 1. The molecule has 3 heteroatoms. The Morgan fingerprint density at radius 2 is 1.75 bits per heavy atom. The number of rotatable bonds is 6. The number of methoxy groups -OCH3 is 1. The molecule has 0 spiro atoms. The van der Waals surface area contributed by atoms with Crippen molar-refractivity contribution in [2.45, 2.75) is 13.0 Å². The van der Waals surface area contributed by atoms with E-state index in [4.69, 9.17) is 16.3 Å². The van der Waals surface area contributed by atoms with Crippen molar-refractivity contribution in [3.05, 3.63) is 58.6 Å². The van der Waals surface area contributed by atoms with Crippen molar-refractivity contribution in [3.8, 4) is 11.1 Å². The zero-order valence-corrected chi connectivity index (χ0v) is 12.7. The second-order valence-electron chi connectivity index (χ2n) is 4.78. The predicted molar refractivity (Wildman–Crippen MR) is 85.2 cm³/mol. The Morgan fingerprint density at radius 1 is 1.05 bits per heavy atom. The summed E-state index contributed by atoms with van der Waals surface area (Å²) < 4.78 is 5.09. The van der Waals surface area contributed by atoms with E-state index >= 15 is 0 Å². The number of nitrogens with one attached hydrogen (secondary N) is 1. The van der Waals surface area contributed by atoms with Gasteiger partial charge in [0.2, 0.25) is 0 Å². The first-order valence-electron chi connectivity index (χ1n) is 6.76. The van der Waals surface area contributed by atoms with Crippen molar-refractivity contribution in [1.82, 2.24) is 5.32 Å². The number of benzene rings is 2. The topological polar surface area (TPSA) is 21.3 Å². The van der Waals surface area contributed by atoms with Crippen LogP contribution >= 0.6 is 11.6 Å². The summed E-state index contributed by atoms with van der Waals surface area (Å²) in [5.74, 6) is 0. The fourth-order valence-corrected chi connectivity index (χ4v) is 2.49. The number of ether oxygens (including phenoxy) is 1. The largest absolute Gasteiger partial charge is 0.384 e. The van der Waals surface area contributed by atoms with E-state index < -0.39 is 0 Å².